The predicted octanol–water partition coefficient (Wildman–Crippen LogP) is 5.69. The molecule has 1 aromatic carbocycles. The molecule has 3 aromatic heterocycles. The minimum atomic E-state index is -4.30. The molecular weight excluding hydrogens is 565 g/mol. The maximum absolute atomic E-state index is 13.0. The third-order valence-electron chi connectivity index (χ3n) is 7.42. The van der Waals surface area contributed by atoms with Crippen LogP contribution in [0, 0.1) is 5.92 Å². The largest absolute Gasteiger partial charge is 0.495 e. The van der Waals surface area contributed by atoms with Crippen LogP contribution in [0.2, 0.25) is 0 Å². The number of fused-ring (bicyclic) bond motifs is 1. The summed E-state index contributed by atoms with van der Waals surface area (Å²) in [5.74, 6) is 1.05. The van der Waals surface area contributed by atoms with Gasteiger partial charge in [0.05, 0.1) is 25.1 Å². The van der Waals surface area contributed by atoms with Gasteiger partial charge in [-0.15, -0.1) is 11.3 Å². The molecule has 1 aliphatic carbocycles. The second kappa shape index (κ2) is 12.6. The lowest BCUT2D eigenvalue weighted by Gasteiger charge is -2.36. The van der Waals surface area contributed by atoms with Crippen LogP contribution in [0.1, 0.15) is 29.7 Å². The van der Waals surface area contributed by atoms with Gasteiger partial charge in [-0.3, -0.25) is 9.78 Å². The van der Waals surface area contributed by atoms with Crippen LogP contribution in [-0.2, 0) is 17.8 Å². The van der Waals surface area contributed by atoms with E-state index in [4.69, 9.17) is 4.74 Å². The fourth-order valence-electron chi connectivity index (χ4n) is 5.43. The van der Waals surface area contributed by atoms with Crippen molar-refractivity contribution in [2.75, 3.05) is 26.5 Å². The maximum atomic E-state index is 13.0. The lowest BCUT2D eigenvalue weighted by atomic mass is 9.81. The van der Waals surface area contributed by atoms with Gasteiger partial charge in [-0.25, -0.2) is 9.97 Å². The number of benzene rings is 1. The van der Waals surface area contributed by atoms with Gasteiger partial charge in [0.25, 0.3) is 0 Å². The Morgan fingerprint density at radius 2 is 1.81 bits per heavy atom. The second-order valence-electron chi connectivity index (χ2n) is 10.8. The number of hydrogen-bond acceptors (Lipinski definition) is 8. The van der Waals surface area contributed by atoms with Gasteiger partial charge in [-0.2, -0.15) is 13.2 Å². The molecule has 1 aliphatic rings. The number of amides is 1. The topological polar surface area (TPSA) is 92.3 Å². The summed E-state index contributed by atoms with van der Waals surface area (Å²) in [4.78, 5) is 28.1. The van der Waals surface area contributed by atoms with Crippen LogP contribution in [0.15, 0.2) is 55.1 Å². The molecule has 3 heterocycles. The molecule has 0 unspecified atom stereocenters. The Kier molecular flexibility index (Phi) is 8.93. The number of pyridine rings is 1. The van der Waals surface area contributed by atoms with Crippen molar-refractivity contribution in [3.63, 3.8) is 0 Å². The monoisotopic (exact) mass is 598 g/mol. The van der Waals surface area contributed by atoms with Gasteiger partial charge in [0.15, 0.2) is 0 Å². The highest BCUT2D eigenvalue weighted by Crippen LogP contribution is 2.35. The van der Waals surface area contributed by atoms with E-state index >= 15 is 0 Å². The zero-order valence-corrected chi connectivity index (χ0v) is 24.4. The molecule has 0 saturated heterocycles. The zero-order chi connectivity index (χ0) is 29.9. The number of thiophene rings is 1. The SMILES string of the molecule is COc1cncc(-c2ccc(CN[C@H]3C[C@@H](Nc4ncnc5sc(CC(F)(F)F)cc45)C[C@@H](C(=O)N(C)C)C3)cc2)c1. The first-order valence-electron chi connectivity index (χ1n) is 13.7. The average molecular weight is 599 g/mol. The molecule has 1 amide bonds. The normalized spacial score (nSPS) is 19.0. The van der Waals surface area contributed by atoms with Crippen LogP contribution in [-0.4, -0.2) is 65.2 Å². The Morgan fingerprint density at radius 1 is 1.05 bits per heavy atom. The summed E-state index contributed by atoms with van der Waals surface area (Å²) >= 11 is 1.02. The number of rotatable bonds is 9. The summed E-state index contributed by atoms with van der Waals surface area (Å²) in [7, 11) is 5.12. The number of aromatic nitrogens is 3. The molecule has 12 heteroatoms. The number of carbonyl (C=O) groups excluding carboxylic acids is 1. The first-order chi connectivity index (χ1) is 20.1. The minimum Gasteiger partial charge on any atom is -0.495 e. The quantitative estimate of drug-likeness (QED) is 0.256. The summed E-state index contributed by atoms with van der Waals surface area (Å²) in [5, 5.41) is 7.63. The van der Waals surface area contributed by atoms with E-state index in [0.29, 0.717) is 41.2 Å². The van der Waals surface area contributed by atoms with Gasteiger partial charge < -0.3 is 20.3 Å². The van der Waals surface area contributed by atoms with Crippen LogP contribution in [0.25, 0.3) is 21.3 Å². The van der Waals surface area contributed by atoms with Gasteiger partial charge in [0, 0.05) is 55.3 Å². The number of nitrogens with zero attached hydrogens (tertiary/aromatic N) is 4. The number of nitrogens with one attached hydrogen (secondary N) is 2. The maximum Gasteiger partial charge on any atom is 0.393 e. The van der Waals surface area contributed by atoms with E-state index < -0.39 is 12.6 Å². The number of carbonyl (C=O) groups is 1. The highest BCUT2D eigenvalue weighted by molar-refractivity contribution is 7.18. The average Bonchev–Trinajstić information content (AvgIpc) is 3.37. The van der Waals surface area contributed by atoms with E-state index in [2.05, 4.69) is 37.7 Å². The standard InChI is InChI=1S/C30H33F3N6O2S/c1-39(2)29(40)20-8-22(35-14-18-4-6-19(7-5-18)21-10-24(41-3)16-34-15-21)11-23(9-20)38-27-26-12-25(13-30(31,32)33)42-28(26)37-17-36-27/h4-7,10,12,15-17,20,22-23,35H,8-9,11,13-14H2,1-3H3,(H,36,37,38)/t20-,22+,23-/m0/s1. The number of alkyl halides is 3. The molecular formula is C30H33F3N6O2S. The molecule has 0 aliphatic heterocycles. The first-order valence-corrected chi connectivity index (χ1v) is 14.5. The Morgan fingerprint density at radius 3 is 2.52 bits per heavy atom. The van der Waals surface area contributed by atoms with Crippen molar-refractivity contribution in [3.05, 3.63) is 65.6 Å². The van der Waals surface area contributed by atoms with Gasteiger partial charge in [0.2, 0.25) is 5.91 Å². The molecule has 1 saturated carbocycles. The number of halogens is 3. The molecule has 42 heavy (non-hydrogen) atoms. The van der Waals surface area contributed by atoms with Crippen LogP contribution in [0.4, 0.5) is 19.0 Å². The lowest BCUT2D eigenvalue weighted by Crippen LogP contribution is -2.46. The number of ether oxygens (including phenoxy) is 1. The Hall–Kier alpha value is -3.77. The molecule has 3 atom stereocenters. The van der Waals surface area contributed by atoms with E-state index in [1.807, 2.05) is 18.2 Å². The van der Waals surface area contributed by atoms with E-state index in [1.165, 1.54) is 12.4 Å². The second-order valence-corrected chi connectivity index (χ2v) is 11.9. The molecule has 222 valence electrons. The van der Waals surface area contributed by atoms with E-state index in [-0.39, 0.29) is 28.8 Å². The van der Waals surface area contributed by atoms with Gasteiger partial charge in [0.1, 0.15) is 22.7 Å². The van der Waals surface area contributed by atoms with Crippen LogP contribution in [0.3, 0.4) is 0 Å². The highest BCUT2D eigenvalue weighted by Gasteiger charge is 2.34. The summed E-state index contributed by atoms with van der Waals surface area (Å²) in [6.45, 7) is 0.625. The van der Waals surface area contributed by atoms with Gasteiger partial charge >= 0.3 is 6.18 Å². The summed E-state index contributed by atoms with van der Waals surface area (Å²) in [5.41, 5.74) is 3.11. The molecule has 5 rings (SSSR count). The molecule has 4 aromatic rings. The van der Waals surface area contributed by atoms with E-state index in [9.17, 15) is 18.0 Å². The first kappa shape index (κ1) is 29.7. The van der Waals surface area contributed by atoms with Crippen LogP contribution in [0.5, 0.6) is 5.75 Å². The van der Waals surface area contributed by atoms with Crippen LogP contribution < -0.4 is 15.4 Å². The van der Waals surface area contributed by atoms with Crippen molar-refractivity contribution >= 4 is 33.3 Å². The molecule has 8 nitrogen and oxygen atoms in total. The molecule has 0 radical (unpaired) electrons. The lowest BCUT2D eigenvalue weighted by molar-refractivity contribution is -0.134. The van der Waals surface area contributed by atoms with Crippen molar-refractivity contribution in [2.24, 2.45) is 5.92 Å². The molecule has 0 bridgehead atoms. The van der Waals surface area contributed by atoms with Gasteiger partial charge in [-0.05, 0) is 42.5 Å². The zero-order valence-electron chi connectivity index (χ0n) is 23.6. The van der Waals surface area contributed by atoms with E-state index in [0.717, 1.165) is 34.4 Å². The Balaban J connectivity index is 1.28. The summed E-state index contributed by atoms with van der Waals surface area (Å²) < 4.78 is 44.3. The number of anilines is 1. The minimum absolute atomic E-state index is 0.0491. The van der Waals surface area contributed by atoms with Crippen molar-refractivity contribution < 1.29 is 22.7 Å². The van der Waals surface area contributed by atoms with Crippen molar-refractivity contribution in [1.29, 1.82) is 0 Å². The van der Waals surface area contributed by atoms with E-state index in [1.54, 1.807) is 38.5 Å². The summed E-state index contributed by atoms with van der Waals surface area (Å²) in [6, 6.07) is 11.6. The Bertz CT molecular complexity index is 1530. The predicted molar refractivity (Wildman–Crippen MR) is 157 cm³/mol. The third kappa shape index (κ3) is 7.35. The van der Waals surface area contributed by atoms with Crippen molar-refractivity contribution in [3.8, 4) is 16.9 Å². The highest BCUT2D eigenvalue weighted by atomic mass is 32.1. The molecule has 1 fully saturated rings. The third-order valence-corrected chi connectivity index (χ3v) is 8.47. The number of methoxy groups -OCH3 is 1. The van der Waals surface area contributed by atoms with Gasteiger partial charge in [-0.1, -0.05) is 24.3 Å². The fourth-order valence-corrected chi connectivity index (χ4v) is 6.46. The Labute approximate surface area is 246 Å². The van der Waals surface area contributed by atoms with Crippen molar-refractivity contribution in [2.45, 2.75) is 50.5 Å². The number of hydrogen-bond donors (Lipinski definition) is 2. The molecule has 0 spiro atoms. The van der Waals surface area contributed by atoms with Crippen LogP contribution >= 0.6 is 11.3 Å². The smallest absolute Gasteiger partial charge is 0.393 e. The molecule has 2 N–H and O–H groups in total. The van der Waals surface area contributed by atoms with Crippen molar-refractivity contribution in [1.82, 2.24) is 25.2 Å². The fraction of sp³-hybridized carbons (Fsp3) is 0.400. The summed E-state index contributed by atoms with van der Waals surface area (Å²) in [6.07, 6.45) is 1.56.